The van der Waals surface area contributed by atoms with Crippen LogP contribution in [0.4, 0.5) is 0 Å². The van der Waals surface area contributed by atoms with Crippen molar-refractivity contribution in [3.63, 3.8) is 0 Å². The minimum Gasteiger partial charge on any atom is -0.508 e. The summed E-state index contributed by atoms with van der Waals surface area (Å²) in [6.45, 7) is 2.84. The third-order valence-electron chi connectivity index (χ3n) is 6.02. The Kier molecular flexibility index (Phi) is 12.3. The van der Waals surface area contributed by atoms with Crippen molar-refractivity contribution in [2.45, 2.75) is 19.8 Å². The normalized spacial score (nSPS) is 15.8. The summed E-state index contributed by atoms with van der Waals surface area (Å²) < 4.78 is 5.96. The van der Waals surface area contributed by atoms with Crippen molar-refractivity contribution in [3.05, 3.63) is 159 Å². The van der Waals surface area contributed by atoms with E-state index in [0.717, 1.165) is 29.7 Å². The van der Waals surface area contributed by atoms with Crippen molar-refractivity contribution >= 4 is 11.1 Å². The Morgan fingerprint density at radius 1 is 0.649 bits per heavy atom. The van der Waals surface area contributed by atoms with Gasteiger partial charge < -0.3 is 9.84 Å². The standard InChI is InChI=1S/C29H27O2.C5H5.Fe/c1-2-28(23-12-16-26(30)17-13-23)29(24-10-4-3-5-11-24)25-14-18-27(19-15-25)31-21-20-22-8-6-7-9-22;1-2-4-5-3-1;/h3-19,30H,2,20-21H2,1H3;1-5H;/q;;+2/b29-28+;;. The molecule has 0 saturated heterocycles. The molecule has 2 aliphatic carbocycles. The van der Waals surface area contributed by atoms with Gasteiger partial charge in [-0.2, -0.15) is 0 Å². The number of phenols is 1. The second-order valence-corrected chi connectivity index (χ2v) is 8.50. The van der Waals surface area contributed by atoms with Crippen molar-refractivity contribution in [2.24, 2.45) is 0 Å². The molecular formula is C34H32FeO2+2. The van der Waals surface area contributed by atoms with Gasteiger partial charge in [0.1, 0.15) is 11.5 Å². The molecule has 0 heterocycles. The molecule has 5 rings (SSSR count). The number of hydrogen-bond donors (Lipinski definition) is 1. The van der Waals surface area contributed by atoms with Gasteiger partial charge in [0.25, 0.3) is 0 Å². The summed E-state index contributed by atoms with van der Waals surface area (Å²) in [5, 5.41) is 9.72. The molecule has 2 saturated carbocycles. The zero-order valence-electron chi connectivity index (χ0n) is 21.0. The van der Waals surface area contributed by atoms with Gasteiger partial charge in [0.15, 0.2) is 0 Å². The van der Waals surface area contributed by atoms with E-state index in [-0.39, 0.29) is 22.8 Å². The Balaban J connectivity index is 0.000000568. The van der Waals surface area contributed by atoms with Crippen LogP contribution < -0.4 is 4.74 Å². The van der Waals surface area contributed by atoms with Gasteiger partial charge in [0.05, 0.1) is 6.61 Å². The Labute approximate surface area is 234 Å². The van der Waals surface area contributed by atoms with E-state index in [0.29, 0.717) is 6.61 Å². The van der Waals surface area contributed by atoms with E-state index in [9.17, 15) is 5.11 Å². The number of ether oxygens (including phenoxy) is 1. The summed E-state index contributed by atoms with van der Waals surface area (Å²) in [4.78, 5) is 0. The van der Waals surface area contributed by atoms with Gasteiger partial charge in [-0.3, -0.25) is 0 Å². The van der Waals surface area contributed by atoms with Gasteiger partial charge >= 0.3 is 17.1 Å². The SMILES string of the molecule is CC/C(=C(/c1ccccc1)c1ccc(OCC[C]2[CH][CH][CH][CH]2)cc1)c1ccc(O)cc1.[CH]1[CH][CH][CH][CH]1.[Fe+2]. The topological polar surface area (TPSA) is 29.5 Å². The second kappa shape index (κ2) is 15.7. The van der Waals surface area contributed by atoms with E-state index >= 15 is 0 Å². The zero-order valence-corrected chi connectivity index (χ0v) is 22.1. The first kappa shape index (κ1) is 29.1. The smallest absolute Gasteiger partial charge is 0.508 e. The Morgan fingerprint density at radius 2 is 1.19 bits per heavy atom. The molecule has 0 aliphatic heterocycles. The first-order valence-electron chi connectivity index (χ1n) is 12.4. The first-order chi connectivity index (χ1) is 17.7. The van der Waals surface area contributed by atoms with Crippen molar-refractivity contribution in [1.82, 2.24) is 0 Å². The average molecular weight is 528 g/mol. The van der Waals surface area contributed by atoms with Crippen LogP contribution in [0.3, 0.4) is 0 Å². The maximum absolute atomic E-state index is 9.72. The fourth-order valence-corrected chi connectivity index (χ4v) is 4.21. The molecule has 3 aromatic carbocycles. The predicted molar refractivity (Wildman–Crippen MR) is 149 cm³/mol. The molecule has 0 bridgehead atoms. The van der Waals surface area contributed by atoms with Crippen LogP contribution in [0.2, 0.25) is 0 Å². The van der Waals surface area contributed by atoms with Crippen LogP contribution in [0, 0.1) is 63.7 Å². The van der Waals surface area contributed by atoms with Crippen LogP contribution in [0.25, 0.3) is 11.1 Å². The number of hydrogen-bond acceptors (Lipinski definition) is 2. The number of benzene rings is 3. The molecule has 1 N–H and O–H groups in total. The summed E-state index contributed by atoms with van der Waals surface area (Å²) in [6.07, 6.45) is 20.2. The molecule has 10 radical (unpaired) electrons. The molecule has 0 aromatic heterocycles. The van der Waals surface area contributed by atoms with Crippen LogP contribution in [0.5, 0.6) is 11.5 Å². The first-order valence-corrected chi connectivity index (χ1v) is 12.4. The molecule has 3 aromatic rings. The van der Waals surface area contributed by atoms with Gasteiger partial charge in [-0.05, 0) is 129 Å². The third-order valence-corrected chi connectivity index (χ3v) is 6.02. The van der Waals surface area contributed by atoms with Crippen LogP contribution >= 0.6 is 0 Å². The molecule has 0 spiro atoms. The number of rotatable bonds is 8. The number of phenolic OH excluding ortho intramolecular Hbond substituents is 1. The van der Waals surface area contributed by atoms with Crippen LogP contribution in [-0.2, 0) is 17.1 Å². The van der Waals surface area contributed by atoms with Crippen molar-refractivity contribution in [2.75, 3.05) is 6.61 Å². The summed E-state index contributed by atoms with van der Waals surface area (Å²) in [5.41, 5.74) is 5.90. The van der Waals surface area contributed by atoms with Crippen molar-refractivity contribution in [3.8, 4) is 11.5 Å². The Bertz CT molecular complexity index is 1050. The Morgan fingerprint density at radius 3 is 1.76 bits per heavy atom. The van der Waals surface area contributed by atoms with E-state index in [1.54, 1.807) is 12.1 Å². The molecule has 0 atom stereocenters. The minimum atomic E-state index is 0. The summed E-state index contributed by atoms with van der Waals surface area (Å²) >= 11 is 0. The maximum Gasteiger partial charge on any atom is 2.00 e. The van der Waals surface area contributed by atoms with Gasteiger partial charge in [-0.15, -0.1) is 0 Å². The second-order valence-electron chi connectivity index (χ2n) is 8.50. The summed E-state index contributed by atoms with van der Waals surface area (Å²) in [7, 11) is 0. The van der Waals surface area contributed by atoms with Gasteiger partial charge in [-0.1, -0.05) is 61.5 Å². The van der Waals surface area contributed by atoms with E-state index < -0.39 is 0 Å². The molecule has 37 heavy (non-hydrogen) atoms. The van der Waals surface area contributed by atoms with Crippen LogP contribution in [0.15, 0.2) is 78.9 Å². The molecular weight excluding hydrogens is 496 g/mol. The van der Waals surface area contributed by atoms with Crippen LogP contribution in [0.1, 0.15) is 36.5 Å². The zero-order chi connectivity index (χ0) is 25.0. The molecule has 3 heteroatoms. The molecule has 0 unspecified atom stereocenters. The van der Waals surface area contributed by atoms with E-state index in [4.69, 9.17) is 4.74 Å². The Hall–Kier alpha value is -2.48. The predicted octanol–water partition coefficient (Wildman–Crippen LogP) is 7.95. The van der Waals surface area contributed by atoms with Gasteiger partial charge in [0.2, 0.25) is 0 Å². The molecule has 0 amide bonds. The average Bonchev–Trinajstić information content (AvgIpc) is 3.67. The number of allylic oxidation sites excluding steroid dienone is 1. The van der Waals surface area contributed by atoms with Crippen molar-refractivity contribution < 1.29 is 26.9 Å². The van der Waals surface area contributed by atoms with Crippen molar-refractivity contribution in [1.29, 1.82) is 0 Å². The largest absolute Gasteiger partial charge is 2.00 e. The third kappa shape index (κ3) is 8.80. The van der Waals surface area contributed by atoms with Crippen LogP contribution in [-0.4, -0.2) is 11.7 Å². The molecule has 2 nitrogen and oxygen atoms in total. The van der Waals surface area contributed by atoms with Gasteiger partial charge in [-0.25, -0.2) is 0 Å². The van der Waals surface area contributed by atoms with E-state index in [1.807, 2.05) is 62.4 Å². The summed E-state index contributed by atoms with van der Waals surface area (Å²) in [6, 6.07) is 26.3. The van der Waals surface area contributed by atoms with Gasteiger partial charge in [0, 0.05) is 0 Å². The number of aromatic hydroxyl groups is 1. The molecule has 186 valence electrons. The van der Waals surface area contributed by atoms with E-state index in [1.165, 1.54) is 22.6 Å². The minimum absolute atomic E-state index is 0. The quantitative estimate of drug-likeness (QED) is 0.238. The molecule has 2 fully saturated rings. The molecule has 2 aliphatic rings. The fraction of sp³-hybridized carbons (Fsp3) is 0.118. The summed E-state index contributed by atoms with van der Waals surface area (Å²) in [5.74, 6) is 2.46. The fourth-order valence-electron chi connectivity index (χ4n) is 4.21. The monoisotopic (exact) mass is 528 g/mol. The van der Waals surface area contributed by atoms with E-state index in [2.05, 4.69) is 69.0 Å². The maximum atomic E-state index is 9.72.